The van der Waals surface area contributed by atoms with Crippen LogP contribution in [0.4, 0.5) is 24.7 Å². The van der Waals surface area contributed by atoms with Crippen molar-refractivity contribution in [2.45, 2.75) is 20.0 Å². The monoisotopic (exact) mass is 364 g/mol. The topological polar surface area (TPSA) is 58.3 Å². The first kappa shape index (κ1) is 18.0. The number of alkyl halides is 3. The molecule has 0 saturated carbocycles. The van der Waals surface area contributed by atoms with Crippen LogP contribution in [0.5, 0.6) is 0 Å². The van der Waals surface area contributed by atoms with Gasteiger partial charge in [-0.3, -0.25) is 0 Å². The van der Waals surface area contributed by atoms with Crippen molar-refractivity contribution in [3.63, 3.8) is 0 Å². The number of benzene rings is 1. The van der Waals surface area contributed by atoms with Crippen LogP contribution in [-0.4, -0.2) is 39.4 Å². The third-order valence-corrected chi connectivity index (χ3v) is 3.95. The summed E-state index contributed by atoms with van der Waals surface area (Å²) < 4.78 is 39.5. The largest absolute Gasteiger partial charge is 0.453 e. The third kappa shape index (κ3) is 3.87. The molecule has 0 amide bonds. The summed E-state index contributed by atoms with van der Waals surface area (Å²) in [5, 5.41) is 13.7. The van der Waals surface area contributed by atoms with Gasteiger partial charge < -0.3 is 10.2 Å². The van der Waals surface area contributed by atoms with Gasteiger partial charge in [0, 0.05) is 25.3 Å². The van der Waals surface area contributed by atoms with Crippen LogP contribution in [0.2, 0.25) is 0 Å². The zero-order valence-corrected chi connectivity index (χ0v) is 14.5. The van der Waals surface area contributed by atoms with Gasteiger partial charge in [0.1, 0.15) is 5.82 Å². The average Bonchev–Trinajstić information content (AvgIpc) is 3.02. The second-order valence-electron chi connectivity index (χ2n) is 5.86. The molecule has 1 N–H and O–H groups in total. The van der Waals surface area contributed by atoms with Crippen molar-refractivity contribution in [3.8, 4) is 0 Å². The fourth-order valence-corrected chi connectivity index (χ4v) is 2.67. The van der Waals surface area contributed by atoms with Crippen LogP contribution in [0.25, 0.3) is 5.65 Å². The van der Waals surface area contributed by atoms with Crippen LogP contribution in [0, 0.1) is 6.92 Å². The minimum absolute atomic E-state index is 0.0535. The normalized spacial score (nSPS) is 11.7. The van der Waals surface area contributed by atoms with Crippen LogP contribution >= 0.6 is 0 Å². The van der Waals surface area contributed by atoms with E-state index in [1.54, 1.807) is 6.07 Å². The minimum atomic E-state index is -4.60. The Balaban J connectivity index is 1.69. The molecule has 0 aliphatic heterocycles. The number of aryl methyl sites for hydroxylation is 1. The number of hydrogen-bond donors (Lipinski definition) is 1. The lowest BCUT2D eigenvalue weighted by atomic mass is 10.2. The number of fused-ring (bicyclic) bond motifs is 1. The maximum Gasteiger partial charge on any atom is 0.453 e. The van der Waals surface area contributed by atoms with E-state index in [2.05, 4.69) is 38.5 Å². The van der Waals surface area contributed by atoms with Crippen LogP contribution < -0.4 is 10.2 Å². The molecule has 0 bridgehead atoms. The van der Waals surface area contributed by atoms with Gasteiger partial charge in [0.15, 0.2) is 5.65 Å². The van der Waals surface area contributed by atoms with E-state index in [4.69, 9.17) is 0 Å². The van der Waals surface area contributed by atoms with Crippen molar-refractivity contribution in [2.75, 3.05) is 29.9 Å². The van der Waals surface area contributed by atoms with Crippen molar-refractivity contribution < 1.29 is 13.2 Å². The van der Waals surface area contributed by atoms with Crippen molar-refractivity contribution >= 4 is 17.2 Å². The molecular formula is C17H19F3N6. The fourth-order valence-electron chi connectivity index (χ4n) is 2.67. The van der Waals surface area contributed by atoms with E-state index in [-0.39, 0.29) is 5.65 Å². The highest BCUT2D eigenvalue weighted by atomic mass is 19.4. The van der Waals surface area contributed by atoms with Crippen molar-refractivity contribution in [2.24, 2.45) is 0 Å². The Labute approximate surface area is 148 Å². The highest BCUT2D eigenvalue weighted by Crippen LogP contribution is 2.27. The molecule has 0 fully saturated rings. The molecule has 1 aromatic carbocycles. The Morgan fingerprint density at radius 1 is 1.15 bits per heavy atom. The number of hydrogen-bond acceptors (Lipinski definition) is 5. The van der Waals surface area contributed by atoms with E-state index in [1.165, 1.54) is 11.6 Å². The molecule has 6 nitrogen and oxygen atoms in total. The Morgan fingerprint density at radius 3 is 2.65 bits per heavy atom. The van der Waals surface area contributed by atoms with Crippen LogP contribution in [0.15, 0.2) is 36.4 Å². The van der Waals surface area contributed by atoms with E-state index in [9.17, 15) is 13.2 Å². The SMILES string of the molecule is CCN(CCNc1ccc2nnc(C(F)(F)F)n2n1)c1cccc(C)c1. The lowest BCUT2D eigenvalue weighted by Crippen LogP contribution is -2.29. The molecule has 0 aliphatic carbocycles. The van der Waals surface area contributed by atoms with E-state index in [0.717, 1.165) is 12.2 Å². The summed E-state index contributed by atoms with van der Waals surface area (Å²) in [4.78, 5) is 2.18. The van der Waals surface area contributed by atoms with Crippen molar-refractivity contribution in [1.82, 2.24) is 19.8 Å². The minimum Gasteiger partial charge on any atom is -0.370 e. The molecule has 0 aliphatic rings. The summed E-state index contributed by atoms with van der Waals surface area (Å²) in [6, 6.07) is 11.2. The number of rotatable bonds is 6. The van der Waals surface area contributed by atoms with E-state index >= 15 is 0 Å². The fraction of sp³-hybridized carbons (Fsp3) is 0.353. The zero-order chi connectivity index (χ0) is 18.7. The number of halogens is 3. The summed E-state index contributed by atoms with van der Waals surface area (Å²) in [5.41, 5.74) is 2.34. The van der Waals surface area contributed by atoms with Gasteiger partial charge in [-0.2, -0.15) is 17.7 Å². The summed E-state index contributed by atoms with van der Waals surface area (Å²) in [5.74, 6) is -0.797. The van der Waals surface area contributed by atoms with Gasteiger partial charge in [-0.1, -0.05) is 12.1 Å². The standard InChI is InChI=1S/C17H19F3N6/c1-3-25(13-6-4-5-12(2)11-13)10-9-21-14-7-8-15-22-23-16(17(18,19)20)26(15)24-14/h4-8,11H,3,9-10H2,1-2H3,(H,21,24). The quantitative estimate of drug-likeness (QED) is 0.727. The highest BCUT2D eigenvalue weighted by molar-refractivity contribution is 5.49. The van der Waals surface area contributed by atoms with Crippen LogP contribution in [0.3, 0.4) is 0 Å². The Hall–Kier alpha value is -2.84. The van der Waals surface area contributed by atoms with Crippen molar-refractivity contribution in [1.29, 1.82) is 0 Å². The van der Waals surface area contributed by atoms with Gasteiger partial charge in [0.25, 0.3) is 5.82 Å². The number of aromatic nitrogens is 4. The Bertz CT molecular complexity index is 890. The summed E-state index contributed by atoms with van der Waals surface area (Å²) in [7, 11) is 0. The van der Waals surface area contributed by atoms with E-state index in [1.807, 2.05) is 25.1 Å². The number of nitrogens with zero attached hydrogens (tertiary/aromatic N) is 5. The first-order chi connectivity index (χ1) is 12.4. The second-order valence-corrected chi connectivity index (χ2v) is 5.86. The van der Waals surface area contributed by atoms with Gasteiger partial charge in [-0.15, -0.1) is 15.3 Å². The average molecular weight is 364 g/mol. The first-order valence-electron chi connectivity index (χ1n) is 8.23. The van der Waals surface area contributed by atoms with Crippen LogP contribution in [-0.2, 0) is 6.18 Å². The highest BCUT2D eigenvalue weighted by Gasteiger charge is 2.37. The van der Waals surface area contributed by atoms with E-state index in [0.29, 0.717) is 23.4 Å². The molecule has 3 aromatic rings. The molecule has 3 rings (SSSR count). The molecule has 0 radical (unpaired) electrons. The molecule has 0 spiro atoms. The summed E-state index contributed by atoms with van der Waals surface area (Å²) in [6.07, 6.45) is -4.60. The summed E-state index contributed by atoms with van der Waals surface area (Å²) >= 11 is 0. The zero-order valence-electron chi connectivity index (χ0n) is 14.5. The second kappa shape index (κ2) is 7.19. The molecule has 0 saturated heterocycles. The molecule has 26 heavy (non-hydrogen) atoms. The van der Waals surface area contributed by atoms with Gasteiger partial charge in [-0.25, -0.2) is 0 Å². The molecule has 0 atom stereocenters. The molecular weight excluding hydrogens is 345 g/mol. The third-order valence-electron chi connectivity index (χ3n) is 3.95. The Kier molecular flexibility index (Phi) is 4.97. The molecule has 9 heteroatoms. The maximum absolute atomic E-state index is 12.9. The molecule has 138 valence electrons. The summed E-state index contributed by atoms with van der Waals surface area (Å²) in [6.45, 7) is 6.13. The van der Waals surface area contributed by atoms with Crippen LogP contribution in [0.1, 0.15) is 18.3 Å². The van der Waals surface area contributed by atoms with E-state index < -0.39 is 12.0 Å². The van der Waals surface area contributed by atoms with Gasteiger partial charge >= 0.3 is 6.18 Å². The smallest absolute Gasteiger partial charge is 0.370 e. The Morgan fingerprint density at radius 2 is 1.96 bits per heavy atom. The first-order valence-corrected chi connectivity index (χ1v) is 8.23. The molecule has 2 aromatic heterocycles. The number of anilines is 2. The van der Waals surface area contributed by atoms with Crippen molar-refractivity contribution in [3.05, 3.63) is 47.8 Å². The predicted octanol–water partition coefficient (Wildman–Crippen LogP) is 3.39. The molecule has 0 unspecified atom stereocenters. The maximum atomic E-state index is 12.9. The lowest BCUT2D eigenvalue weighted by Gasteiger charge is -2.23. The predicted molar refractivity (Wildman–Crippen MR) is 93.3 cm³/mol. The van der Waals surface area contributed by atoms with Gasteiger partial charge in [-0.05, 0) is 43.7 Å². The number of likely N-dealkylation sites (N-methyl/N-ethyl adjacent to an activating group) is 1. The van der Waals surface area contributed by atoms with Gasteiger partial charge in [0.05, 0.1) is 0 Å². The van der Waals surface area contributed by atoms with Gasteiger partial charge in [0.2, 0.25) is 0 Å². The number of nitrogens with one attached hydrogen (secondary N) is 1. The lowest BCUT2D eigenvalue weighted by molar-refractivity contribution is -0.146. The molecule has 2 heterocycles.